The van der Waals surface area contributed by atoms with E-state index in [4.69, 9.17) is 318 Å². The van der Waals surface area contributed by atoms with Gasteiger partial charge in [-0.1, -0.05) is 38.6 Å². The molecule has 73 heteroatoms. The Hall–Kier alpha value is -4.97. The molecule has 0 heterocycles. The van der Waals surface area contributed by atoms with Crippen LogP contribution in [0.5, 0.6) is 0 Å². The predicted octanol–water partition coefficient (Wildman–Crippen LogP) is 30.8. The van der Waals surface area contributed by atoms with Crippen LogP contribution in [0, 0.1) is 26.0 Å². The van der Waals surface area contributed by atoms with Gasteiger partial charge in [-0.3, -0.25) is 9.50 Å². The van der Waals surface area contributed by atoms with Gasteiger partial charge in [-0.2, -0.15) is 41.0 Å². The van der Waals surface area contributed by atoms with Gasteiger partial charge in [-0.15, -0.1) is 17.7 Å². The third kappa shape index (κ3) is 802. The molecule has 0 fully saturated rings. The number of carbonyl (C=O) groups is 1. The van der Waals surface area contributed by atoms with E-state index in [-0.39, 0.29) is 76.5 Å². The zero-order valence-electron chi connectivity index (χ0n) is 39.7. The number of carboxylic acids is 1. The summed E-state index contributed by atoms with van der Waals surface area (Å²) in [5.74, 6) is -0.837. The van der Waals surface area contributed by atoms with E-state index in [1.165, 1.54) is 11.1 Å². The largest absolute Gasteiger partial charge is 0.482 e. The van der Waals surface area contributed by atoms with E-state index in [9.17, 15) is 4.79 Å². The van der Waals surface area contributed by atoms with Crippen molar-refractivity contribution in [1.82, 2.24) is 0 Å². The minimum atomic E-state index is -0.837. The van der Waals surface area contributed by atoms with Crippen LogP contribution in [-0.2, 0) is 83.1 Å². The number of nitrogens with two attached hydrogens (primary N) is 2. The maximum atomic E-state index is 10.4. The van der Waals surface area contributed by atoms with Gasteiger partial charge in [0.25, 0.3) is 5.97 Å². The molecule has 0 aliphatic rings. The molecule has 0 aliphatic carbocycles. The molecule has 0 aliphatic heterocycles. The molecule has 0 saturated heterocycles. The maximum Gasteiger partial charge on any atom is 0.296 e. The van der Waals surface area contributed by atoms with Crippen LogP contribution in [0.25, 0.3) is 0 Å². The first kappa shape index (κ1) is 249. The second-order valence-electron chi connectivity index (χ2n) is 5.12. The average Bonchev–Trinajstić information content (AvgIpc) is 3.70. The second kappa shape index (κ2) is 1040. The molecule has 0 spiro atoms. The molecule has 91 heavy (non-hydrogen) atoms. The molecule has 2 rings (SSSR count). The number of aliphatic carboxylic acids is 1. The van der Waals surface area contributed by atoms with Crippen molar-refractivity contribution in [2.24, 2.45) is 0 Å². The Balaban J connectivity index is -0.0000000105. The fourth-order valence-corrected chi connectivity index (χ4v) is 2.04. The number of nitrogen functional groups attached to an aromatic ring is 2. The number of benzene rings is 2. The van der Waals surface area contributed by atoms with Crippen LogP contribution < -0.4 is 11.5 Å². The van der Waals surface area contributed by atoms with Gasteiger partial charge >= 0.3 is 0 Å². The molecule has 0 unspecified atom stereocenters. The van der Waals surface area contributed by atoms with Gasteiger partial charge in [-0.05, 0) is 0 Å². The van der Waals surface area contributed by atoms with Crippen LogP contribution in [-0.4, -0.2) is 11.1 Å². The smallest absolute Gasteiger partial charge is 0.296 e. The predicted molar refractivity (Wildman–Crippen MR) is 165 cm³/mol. The van der Waals surface area contributed by atoms with E-state index < -0.39 is 5.97 Å². The van der Waals surface area contributed by atoms with Crippen molar-refractivity contribution in [2.45, 2.75) is 33.6 Å². The number of hydrogen-bond donors (Lipinski definition) is 3. The van der Waals surface area contributed by atoms with E-state index in [0.29, 0.717) is 5.69 Å². The van der Waals surface area contributed by atoms with Crippen molar-refractivity contribution in [3.8, 4) is 0 Å². The van der Waals surface area contributed by atoms with Crippen molar-refractivity contribution in [1.29, 1.82) is 0 Å². The molecule has 4 nitrogen and oxygen atoms in total. The number of hydrogen-bond acceptors (Lipinski definition) is 3. The molecule has 2 radical (unpaired) electrons. The fourth-order valence-electron chi connectivity index (χ4n) is 2.04. The van der Waals surface area contributed by atoms with Crippen molar-refractivity contribution in [3.05, 3.63) is 58.7 Å². The summed E-state index contributed by atoms with van der Waals surface area (Å²) < 4.78 is 528. The van der Waals surface area contributed by atoms with Gasteiger partial charge in [0.2, 0.25) is 0 Å². The van der Waals surface area contributed by atoms with Crippen LogP contribution in [0.4, 0.5) is 318 Å². The van der Waals surface area contributed by atoms with Gasteiger partial charge in [0.1, 0.15) is 0 Å². The summed E-state index contributed by atoms with van der Waals surface area (Å²) in [7, 11) is 0. The molecule has 2 aromatic carbocycles. The Morgan fingerprint density at radius 1 is 0.297 bits per heavy atom. The van der Waals surface area contributed by atoms with E-state index >= 15 is 0 Å². The van der Waals surface area contributed by atoms with Crippen molar-refractivity contribution in [2.75, 3.05) is 11.5 Å². The SMILES string of the molecule is CCc1c[c-]c(N)cc1C.Cc1cc(N)[c-]cc1CC(=O)O.F.FF.FF.FF.FF.FF.FF.FF.FF.FF.FF.FF.FF.FF.FF.FF.FF.FF.FF.FF.FF.FF.FF.FF.FF.FF.FF.FF.FF.FF.FF.FF.FF.FF.[Y].[Y]. The third-order valence-corrected chi connectivity index (χ3v) is 3.31. The minimum Gasteiger partial charge on any atom is -0.482 e. The topological polar surface area (TPSA) is 89.3 Å². The molecule has 0 atom stereocenters. The molecule has 2 aromatic rings. The molecular weight excluding hydrogens is 1730 g/mol. The monoisotopic (exact) mass is 1750 g/mol. The molecule has 594 valence electrons. The van der Waals surface area contributed by atoms with Gasteiger partial charge in [0, 0.05) is 374 Å². The second-order valence-corrected chi connectivity index (χ2v) is 5.12. The maximum absolute atomic E-state index is 10.4. The quantitative estimate of drug-likeness (QED) is 0.162. The van der Waals surface area contributed by atoms with E-state index in [1.54, 1.807) is 12.1 Å². The Bertz CT molecular complexity index is 737. The fraction of sp³-hybridized carbons (Fsp3) is 0.278. The van der Waals surface area contributed by atoms with Gasteiger partial charge < -0.3 is 16.6 Å². The number of halogens is 67. The van der Waals surface area contributed by atoms with Crippen LogP contribution in [0.1, 0.15) is 29.2 Å². The molecule has 0 amide bonds. The first-order valence-electron chi connectivity index (χ1n) is 11.8. The molecule has 0 bridgehead atoms. The summed E-state index contributed by atoms with van der Waals surface area (Å²) >= 11 is 0. The van der Waals surface area contributed by atoms with Gasteiger partial charge in [0.05, 0.1) is 0 Å². The summed E-state index contributed by atoms with van der Waals surface area (Å²) in [6.07, 6.45) is 1.09. The van der Waals surface area contributed by atoms with E-state index in [1.807, 2.05) is 19.1 Å². The van der Waals surface area contributed by atoms with Crippen molar-refractivity contribution < 1.29 is 382 Å². The molecule has 0 saturated carbocycles. The standard InChI is InChI=1S/C9H10NO2.C9H12N.33F2.FH.2Y/c1-6-4-8(10)3-2-7(6)5-9(11)12;1-3-8-4-5-9(10)6-7(8)2;33*1-2;;;/h2,4H,5,10H2,1H3,(H,11,12);4,6H,3,10H2,1-2H3;;;;;;;;;;;;;;;;;;;;;;;;;;;;;;;;;;1H;;/q2*-1;;;;;;;;;;;;;;;;;;;;;;;;;;;;;;;;;;;;. The first-order valence-corrected chi connectivity index (χ1v) is 11.8. The van der Waals surface area contributed by atoms with Crippen LogP contribution in [0.3, 0.4) is 0 Å². The molecule has 5 N–H and O–H groups in total. The zero-order chi connectivity index (χ0) is 82.7. The van der Waals surface area contributed by atoms with Crippen LogP contribution in [0.15, 0.2) is 24.3 Å². The summed E-state index contributed by atoms with van der Waals surface area (Å²) in [4.78, 5) is 10.4. The Labute approximate surface area is 502 Å². The summed E-state index contributed by atoms with van der Waals surface area (Å²) in [5.41, 5.74) is 16.5. The first-order chi connectivity index (χ1) is 43.3. The average molecular weight is 1750 g/mol. The normalized spacial score (nSPS) is 4.54. The number of rotatable bonds is 3. The molecular formula is C18H23F67N2O2Y2-2. The van der Waals surface area contributed by atoms with E-state index in [0.717, 1.165) is 23.2 Å². The Morgan fingerprint density at radius 2 is 0.407 bits per heavy atom. The van der Waals surface area contributed by atoms with Crippen molar-refractivity contribution >= 4 is 17.3 Å². The van der Waals surface area contributed by atoms with Crippen LogP contribution >= 0.6 is 0 Å². The van der Waals surface area contributed by atoms with Crippen molar-refractivity contribution in [3.63, 3.8) is 0 Å². The number of carboxylic acid groups (broad SMARTS) is 1. The molecule has 0 aromatic heterocycles. The number of anilines is 2. The Kier molecular flexibility index (Phi) is 2840. The van der Waals surface area contributed by atoms with Gasteiger partial charge in [0.15, 0.2) is 0 Å². The van der Waals surface area contributed by atoms with E-state index in [2.05, 4.69) is 26.0 Å². The summed E-state index contributed by atoms with van der Waals surface area (Å²) in [5, 5.41) is 8.52. The minimum absolute atomic E-state index is 0. The van der Waals surface area contributed by atoms with Gasteiger partial charge in [-0.25, -0.2) is 0 Å². The summed E-state index contributed by atoms with van der Waals surface area (Å²) in [6, 6.07) is 13.0. The third-order valence-electron chi connectivity index (χ3n) is 3.31. The van der Waals surface area contributed by atoms with Crippen LogP contribution in [0.2, 0.25) is 0 Å². The number of aryl methyl sites for hydroxylation is 3. The zero-order valence-corrected chi connectivity index (χ0v) is 45.4. The Morgan fingerprint density at radius 3 is 0.495 bits per heavy atom. The summed E-state index contributed by atoms with van der Waals surface area (Å²) in [6.45, 7) is 6.04.